The highest BCUT2D eigenvalue weighted by Gasteiger charge is 2.55. The first-order chi connectivity index (χ1) is 20.7. The van der Waals surface area contributed by atoms with Gasteiger partial charge >= 0.3 is 18.3 Å². The summed E-state index contributed by atoms with van der Waals surface area (Å²) >= 11 is 6.41. The van der Waals surface area contributed by atoms with Crippen LogP contribution in [0.15, 0.2) is 24.5 Å². The van der Waals surface area contributed by atoms with Gasteiger partial charge in [-0.2, -0.15) is 0 Å². The molecule has 1 saturated heterocycles. The number of carboxylic acid groups (broad SMARTS) is 1. The van der Waals surface area contributed by atoms with Crippen molar-refractivity contribution < 1.29 is 38.1 Å². The number of fused-ring (bicyclic) bond motifs is 2. The minimum Gasteiger partial charge on any atom is -0.474 e. The van der Waals surface area contributed by atoms with E-state index in [9.17, 15) is 19.5 Å². The third kappa shape index (κ3) is 5.40. The maximum absolute atomic E-state index is 15.6. The molecule has 1 aliphatic carbocycles. The van der Waals surface area contributed by atoms with Crippen molar-refractivity contribution in [2.45, 2.75) is 52.2 Å². The van der Waals surface area contributed by atoms with Gasteiger partial charge in [-0.15, -0.1) is 0 Å². The Labute approximate surface area is 257 Å². The number of halogens is 2. The Kier molecular flexibility index (Phi) is 7.18. The van der Waals surface area contributed by atoms with Crippen LogP contribution >= 0.6 is 11.6 Å². The molecular formula is C30H31ClFN5O7. The van der Waals surface area contributed by atoms with Gasteiger partial charge in [-0.1, -0.05) is 11.6 Å². The lowest BCUT2D eigenvalue weighted by molar-refractivity contribution is -0.125. The molecule has 2 aromatic heterocycles. The van der Waals surface area contributed by atoms with Crippen molar-refractivity contribution >= 4 is 52.2 Å². The molecule has 0 radical (unpaired) electrons. The van der Waals surface area contributed by atoms with Crippen molar-refractivity contribution in [1.82, 2.24) is 14.9 Å². The number of pyridine rings is 2. The van der Waals surface area contributed by atoms with E-state index in [4.69, 9.17) is 25.8 Å². The average molecular weight is 628 g/mol. The van der Waals surface area contributed by atoms with Gasteiger partial charge < -0.3 is 24.2 Å². The SMILES string of the molecule is Cc1c(-c2cc3cc(NC(=O)OC4CC5(C4)CN(C(=O)OC(C)(C)C)C5)ncc3c(Cl)c2F)cnc2c1N(C(=O)O)CCO2. The number of carbonyl (C=O) groups excluding carboxylic acids is 2. The van der Waals surface area contributed by atoms with Crippen LogP contribution in [0, 0.1) is 18.2 Å². The summed E-state index contributed by atoms with van der Waals surface area (Å²) in [5.41, 5.74) is 0.532. The summed E-state index contributed by atoms with van der Waals surface area (Å²) in [5, 5.41) is 12.9. The molecule has 6 rings (SSSR count). The first-order valence-corrected chi connectivity index (χ1v) is 14.5. The van der Waals surface area contributed by atoms with Gasteiger partial charge in [-0.05, 0) is 63.6 Å². The van der Waals surface area contributed by atoms with Gasteiger partial charge in [0.1, 0.15) is 35.6 Å². The van der Waals surface area contributed by atoms with Crippen LogP contribution in [0.2, 0.25) is 5.02 Å². The van der Waals surface area contributed by atoms with Gasteiger partial charge in [-0.25, -0.2) is 28.7 Å². The standard InChI is InChI=1S/C30H31ClFN5O7/c1-15-19(11-34-25-24(15)37(27(39)40)5-6-42-25)18-7-16-8-21(33-12-20(16)22(31)23(18)32)35-26(38)43-17-9-30(10-17)13-36(14-30)28(41)44-29(2,3)4/h7-8,11-12,17H,5-6,9-10,13-14H2,1-4H3,(H,39,40)(H,33,35,38). The number of likely N-dealkylation sites (tertiary alicyclic amines) is 1. The molecule has 0 unspecified atom stereocenters. The lowest BCUT2D eigenvalue weighted by Gasteiger charge is -2.57. The highest BCUT2D eigenvalue weighted by atomic mass is 35.5. The number of rotatable bonds is 3. The van der Waals surface area contributed by atoms with E-state index in [1.807, 2.05) is 20.8 Å². The minimum atomic E-state index is -1.17. The second kappa shape index (κ2) is 10.7. The number of aromatic nitrogens is 2. The minimum absolute atomic E-state index is 0.0580. The fourth-order valence-corrected chi connectivity index (χ4v) is 6.31. The number of carbonyl (C=O) groups is 3. The molecule has 2 aliphatic heterocycles. The number of amides is 3. The number of hydrogen-bond acceptors (Lipinski definition) is 8. The molecule has 1 spiro atoms. The number of benzene rings is 1. The Morgan fingerprint density at radius 1 is 1.16 bits per heavy atom. The lowest BCUT2D eigenvalue weighted by Crippen LogP contribution is -2.66. The maximum Gasteiger partial charge on any atom is 0.413 e. The molecule has 3 aromatic rings. The normalized spacial score (nSPS) is 17.3. The molecule has 44 heavy (non-hydrogen) atoms. The molecule has 3 aliphatic rings. The lowest BCUT2D eigenvalue weighted by atomic mass is 9.62. The van der Waals surface area contributed by atoms with Gasteiger partial charge in [-0.3, -0.25) is 10.2 Å². The highest BCUT2D eigenvalue weighted by molar-refractivity contribution is 6.36. The zero-order valence-electron chi connectivity index (χ0n) is 24.6. The quantitative estimate of drug-likeness (QED) is 0.346. The van der Waals surface area contributed by atoms with Gasteiger partial charge in [0.05, 0.1) is 11.6 Å². The van der Waals surface area contributed by atoms with E-state index in [-0.39, 0.29) is 58.7 Å². The van der Waals surface area contributed by atoms with Crippen LogP contribution in [0.3, 0.4) is 0 Å². The third-order valence-electron chi connectivity index (χ3n) is 8.05. The van der Waals surface area contributed by atoms with Crippen molar-refractivity contribution in [3.05, 3.63) is 40.9 Å². The van der Waals surface area contributed by atoms with E-state index in [0.29, 0.717) is 47.8 Å². The van der Waals surface area contributed by atoms with Crippen LogP contribution in [0.5, 0.6) is 5.88 Å². The predicted octanol–water partition coefficient (Wildman–Crippen LogP) is 6.22. The number of ether oxygens (including phenoxy) is 3. The van der Waals surface area contributed by atoms with Crippen molar-refractivity contribution in [3.8, 4) is 17.0 Å². The monoisotopic (exact) mass is 627 g/mol. The largest absolute Gasteiger partial charge is 0.474 e. The van der Waals surface area contributed by atoms with Crippen LogP contribution in [0.1, 0.15) is 39.2 Å². The summed E-state index contributed by atoms with van der Waals surface area (Å²) in [7, 11) is 0. The summed E-state index contributed by atoms with van der Waals surface area (Å²) in [6, 6.07) is 3.09. The van der Waals surface area contributed by atoms with E-state index in [2.05, 4.69) is 15.3 Å². The van der Waals surface area contributed by atoms with E-state index in [1.165, 1.54) is 12.4 Å². The smallest absolute Gasteiger partial charge is 0.413 e. The number of nitrogens with one attached hydrogen (secondary N) is 1. The summed E-state index contributed by atoms with van der Waals surface area (Å²) in [6.07, 6.45) is 1.56. The average Bonchev–Trinajstić information content (AvgIpc) is 2.90. The van der Waals surface area contributed by atoms with Crippen LogP contribution < -0.4 is 15.0 Å². The van der Waals surface area contributed by atoms with E-state index in [1.54, 1.807) is 24.0 Å². The van der Waals surface area contributed by atoms with Gasteiger partial charge in [0, 0.05) is 47.4 Å². The van der Waals surface area contributed by atoms with E-state index in [0.717, 1.165) is 4.90 Å². The molecule has 2 fully saturated rings. The second-order valence-electron chi connectivity index (χ2n) is 12.5. The van der Waals surface area contributed by atoms with Crippen LogP contribution in [-0.2, 0) is 9.47 Å². The highest BCUT2D eigenvalue weighted by Crippen LogP contribution is 2.50. The van der Waals surface area contributed by atoms with Crippen molar-refractivity contribution in [3.63, 3.8) is 0 Å². The second-order valence-corrected chi connectivity index (χ2v) is 12.9. The van der Waals surface area contributed by atoms with E-state index < -0.39 is 23.6 Å². The molecule has 3 amide bonds. The number of anilines is 2. The zero-order valence-corrected chi connectivity index (χ0v) is 25.3. The molecule has 4 heterocycles. The van der Waals surface area contributed by atoms with Crippen molar-refractivity contribution in [1.29, 1.82) is 0 Å². The van der Waals surface area contributed by atoms with Gasteiger partial charge in [0.25, 0.3) is 0 Å². The first-order valence-electron chi connectivity index (χ1n) is 14.1. The molecular weight excluding hydrogens is 597 g/mol. The Hall–Kier alpha value is -4.39. The van der Waals surface area contributed by atoms with Crippen LogP contribution in [0.4, 0.5) is 30.3 Å². The van der Waals surface area contributed by atoms with Gasteiger partial charge in [0.2, 0.25) is 5.88 Å². The molecule has 232 valence electrons. The summed E-state index contributed by atoms with van der Waals surface area (Å²) in [5.74, 6) is -0.392. The van der Waals surface area contributed by atoms with E-state index >= 15 is 4.39 Å². The molecule has 14 heteroatoms. The fourth-order valence-electron chi connectivity index (χ4n) is 6.05. The Bertz CT molecular complexity index is 1700. The van der Waals surface area contributed by atoms with Crippen molar-refractivity contribution in [2.24, 2.45) is 5.41 Å². The number of nitrogens with zero attached hydrogens (tertiary/aromatic N) is 4. The summed E-state index contributed by atoms with van der Waals surface area (Å²) in [4.78, 5) is 47.9. The molecule has 12 nitrogen and oxygen atoms in total. The molecule has 0 bridgehead atoms. The van der Waals surface area contributed by atoms with Crippen LogP contribution in [-0.4, -0.2) is 76.2 Å². The molecule has 0 atom stereocenters. The topological polar surface area (TPSA) is 143 Å². The van der Waals surface area contributed by atoms with Gasteiger partial charge in [0.15, 0.2) is 0 Å². The molecule has 1 aromatic carbocycles. The Morgan fingerprint density at radius 3 is 2.57 bits per heavy atom. The summed E-state index contributed by atoms with van der Waals surface area (Å²) in [6.45, 7) is 8.52. The zero-order chi connectivity index (χ0) is 31.6. The predicted molar refractivity (Wildman–Crippen MR) is 159 cm³/mol. The third-order valence-corrected chi connectivity index (χ3v) is 8.42. The Morgan fingerprint density at radius 2 is 1.89 bits per heavy atom. The first kappa shape index (κ1) is 29.7. The summed E-state index contributed by atoms with van der Waals surface area (Å²) < 4.78 is 32.0. The van der Waals surface area contributed by atoms with Crippen LogP contribution in [0.25, 0.3) is 21.9 Å². The maximum atomic E-state index is 15.6. The molecule has 1 saturated carbocycles. The Balaban J connectivity index is 1.15. The van der Waals surface area contributed by atoms with Crippen molar-refractivity contribution in [2.75, 3.05) is 36.5 Å². The fraction of sp³-hybridized carbons (Fsp3) is 0.433. The number of hydrogen-bond donors (Lipinski definition) is 2. The molecule has 2 N–H and O–H groups in total.